The number of aryl methyl sites for hydroxylation is 1. The van der Waals surface area contributed by atoms with Crippen molar-refractivity contribution >= 4 is 35.1 Å². The molecule has 5 rings (SSSR count). The molecule has 0 unspecified atom stereocenters. The molecule has 1 fully saturated rings. The Bertz CT molecular complexity index is 1260. The van der Waals surface area contributed by atoms with Crippen molar-refractivity contribution in [1.82, 2.24) is 14.6 Å². The van der Waals surface area contributed by atoms with Crippen LogP contribution in [0.25, 0.3) is 16.9 Å². The number of fused-ring (bicyclic) bond motifs is 1. The molecule has 8 heteroatoms. The topological polar surface area (TPSA) is 67.0 Å². The Balaban J connectivity index is 1.50. The highest BCUT2D eigenvalue weighted by Crippen LogP contribution is 2.26. The van der Waals surface area contributed by atoms with Crippen LogP contribution in [0.4, 0.5) is 11.6 Å². The molecule has 0 saturated carbocycles. The molecule has 1 aliphatic heterocycles. The van der Waals surface area contributed by atoms with Crippen molar-refractivity contribution in [2.24, 2.45) is 5.10 Å². The first-order valence-electron chi connectivity index (χ1n) is 10.5. The average molecular weight is 447 g/mol. The number of hydrogen-bond donors (Lipinski definition) is 1. The molecule has 0 bridgehead atoms. The smallest absolute Gasteiger partial charge is 0.160 e. The molecule has 1 aliphatic rings. The van der Waals surface area contributed by atoms with Crippen LogP contribution in [-0.4, -0.2) is 47.1 Å². The van der Waals surface area contributed by atoms with Gasteiger partial charge >= 0.3 is 0 Å². The fraction of sp³-hybridized carbons (Fsp3) is 0.208. The van der Waals surface area contributed by atoms with Crippen LogP contribution in [0.5, 0.6) is 0 Å². The van der Waals surface area contributed by atoms with E-state index >= 15 is 0 Å². The van der Waals surface area contributed by atoms with Crippen LogP contribution in [0.15, 0.2) is 65.8 Å². The van der Waals surface area contributed by atoms with E-state index in [-0.39, 0.29) is 0 Å². The molecule has 0 spiro atoms. The van der Waals surface area contributed by atoms with Gasteiger partial charge in [0, 0.05) is 35.8 Å². The minimum Gasteiger partial charge on any atom is -0.378 e. The van der Waals surface area contributed by atoms with Gasteiger partial charge in [-0.25, -0.2) is 4.98 Å². The highest BCUT2D eigenvalue weighted by atomic mass is 35.5. The molecule has 2 aromatic carbocycles. The lowest BCUT2D eigenvalue weighted by molar-refractivity contribution is 0.122. The third-order valence-corrected chi connectivity index (χ3v) is 5.57. The van der Waals surface area contributed by atoms with Crippen LogP contribution in [0.1, 0.15) is 11.1 Å². The van der Waals surface area contributed by atoms with E-state index in [0.717, 1.165) is 41.4 Å². The summed E-state index contributed by atoms with van der Waals surface area (Å²) in [6.07, 6.45) is 1.79. The number of rotatable bonds is 5. The summed E-state index contributed by atoms with van der Waals surface area (Å²) in [5.74, 6) is 1.61. The monoisotopic (exact) mass is 446 g/mol. The van der Waals surface area contributed by atoms with E-state index in [0.29, 0.717) is 24.1 Å². The Kier molecular flexibility index (Phi) is 5.75. The van der Waals surface area contributed by atoms with Gasteiger partial charge in [0.2, 0.25) is 0 Å². The zero-order valence-corrected chi connectivity index (χ0v) is 18.5. The molecule has 162 valence electrons. The number of nitrogens with one attached hydrogen (secondary N) is 1. The maximum Gasteiger partial charge on any atom is 0.160 e. The largest absolute Gasteiger partial charge is 0.378 e. The van der Waals surface area contributed by atoms with Crippen LogP contribution >= 0.6 is 11.6 Å². The lowest BCUT2D eigenvalue weighted by Crippen LogP contribution is -2.37. The number of benzene rings is 2. The molecule has 1 saturated heterocycles. The van der Waals surface area contributed by atoms with Crippen LogP contribution in [0.3, 0.4) is 0 Å². The average Bonchev–Trinajstić information content (AvgIpc) is 3.24. The van der Waals surface area contributed by atoms with Crippen molar-refractivity contribution in [3.05, 3.63) is 76.8 Å². The van der Waals surface area contributed by atoms with E-state index in [4.69, 9.17) is 26.4 Å². The minimum atomic E-state index is 0.658. The summed E-state index contributed by atoms with van der Waals surface area (Å²) in [5, 5.41) is 9.92. The van der Waals surface area contributed by atoms with Crippen LogP contribution in [0, 0.1) is 6.92 Å². The van der Waals surface area contributed by atoms with Crippen molar-refractivity contribution in [3.63, 3.8) is 0 Å². The highest BCUT2D eigenvalue weighted by molar-refractivity contribution is 6.30. The molecule has 1 N–H and O–H groups in total. The Labute approximate surface area is 191 Å². The second-order valence-electron chi connectivity index (χ2n) is 7.69. The zero-order chi connectivity index (χ0) is 21.9. The van der Waals surface area contributed by atoms with E-state index in [9.17, 15) is 0 Å². The molecule has 2 aromatic heterocycles. The van der Waals surface area contributed by atoms with Crippen LogP contribution in [0.2, 0.25) is 5.02 Å². The predicted octanol–water partition coefficient (Wildman–Crippen LogP) is 4.64. The Morgan fingerprint density at radius 3 is 2.66 bits per heavy atom. The quantitative estimate of drug-likeness (QED) is 0.357. The number of aromatic nitrogens is 3. The number of ether oxygens (including phenoxy) is 1. The Morgan fingerprint density at radius 1 is 1.06 bits per heavy atom. The lowest BCUT2D eigenvalue weighted by Gasteiger charge is -2.29. The number of halogens is 1. The van der Waals surface area contributed by atoms with E-state index in [1.165, 1.54) is 5.56 Å². The third kappa shape index (κ3) is 4.44. The first-order valence-corrected chi connectivity index (χ1v) is 10.9. The molecular formula is C24H23ClN6O. The standard InChI is InChI=1S/C24H23ClN6O/c1-17-3-2-4-18(13-17)16-26-28-22-15-24(30-9-11-32-12-10-30)31-23(27-22)14-21(29-31)19-5-7-20(25)8-6-19/h2-8,13-16H,9-12H2,1H3,(H,27,28)/b26-16+. The normalized spacial score (nSPS) is 14.4. The fourth-order valence-corrected chi connectivity index (χ4v) is 3.84. The van der Waals surface area contributed by atoms with Gasteiger partial charge in [-0.1, -0.05) is 53.6 Å². The molecule has 32 heavy (non-hydrogen) atoms. The first kappa shape index (κ1) is 20.5. The summed E-state index contributed by atoms with van der Waals surface area (Å²) < 4.78 is 7.41. The van der Waals surface area contributed by atoms with Gasteiger partial charge < -0.3 is 9.64 Å². The van der Waals surface area contributed by atoms with E-state index < -0.39 is 0 Å². The van der Waals surface area contributed by atoms with Crippen molar-refractivity contribution in [1.29, 1.82) is 0 Å². The van der Waals surface area contributed by atoms with Crippen LogP contribution < -0.4 is 10.3 Å². The van der Waals surface area contributed by atoms with Gasteiger partial charge in [-0.15, -0.1) is 0 Å². The van der Waals surface area contributed by atoms with E-state index in [1.807, 2.05) is 53.0 Å². The number of hydrazone groups is 1. The number of hydrogen-bond acceptors (Lipinski definition) is 6. The van der Waals surface area contributed by atoms with Gasteiger partial charge in [0.05, 0.1) is 25.1 Å². The Hall–Kier alpha value is -3.42. The molecule has 4 aromatic rings. The first-order chi connectivity index (χ1) is 15.7. The van der Waals surface area contributed by atoms with Crippen LogP contribution in [-0.2, 0) is 4.74 Å². The van der Waals surface area contributed by atoms with Crippen molar-refractivity contribution in [2.45, 2.75) is 6.92 Å². The van der Waals surface area contributed by atoms with Gasteiger partial charge in [-0.2, -0.15) is 14.7 Å². The molecule has 3 heterocycles. The van der Waals surface area contributed by atoms with Gasteiger partial charge in [-0.05, 0) is 24.6 Å². The minimum absolute atomic E-state index is 0.658. The molecule has 0 atom stereocenters. The molecule has 0 aliphatic carbocycles. The van der Waals surface area contributed by atoms with Crippen molar-refractivity contribution < 1.29 is 4.74 Å². The maximum atomic E-state index is 6.05. The summed E-state index contributed by atoms with van der Waals surface area (Å²) in [4.78, 5) is 6.99. The van der Waals surface area contributed by atoms with E-state index in [1.54, 1.807) is 6.21 Å². The second-order valence-corrected chi connectivity index (χ2v) is 8.13. The van der Waals surface area contributed by atoms with Crippen molar-refractivity contribution in [3.8, 4) is 11.3 Å². The molecular weight excluding hydrogens is 424 g/mol. The van der Waals surface area contributed by atoms with Gasteiger partial charge in [0.15, 0.2) is 11.5 Å². The van der Waals surface area contributed by atoms with Gasteiger partial charge in [0.25, 0.3) is 0 Å². The van der Waals surface area contributed by atoms with Gasteiger partial charge in [-0.3, -0.25) is 5.43 Å². The molecule has 7 nitrogen and oxygen atoms in total. The highest BCUT2D eigenvalue weighted by Gasteiger charge is 2.18. The third-order valence-electron chi connectivity index (χ3n) is 5.32. The molecule has 0 amide bonds. The van der Waals surface area contributed by atoms with E-state index in [2.05, 4.69) is 34.5 Å². The summed E-state index contributed by atoms with van der Waals surface area (Å²) in [7, 11) is 0. The SMILES string of the molecule is Cc1cccc(/C=N/Nc2cc(N3CCOCC3)n3nc(-c4ccc(Cl)cc4)cc3n2)c1. The number of nitrogens with zero attached hydrogens (tertiary/aromatic N) is 5. The number of anilines is 2. The summed E-state index contributed by atoms with van der Waals surface area (Å²) in [6, 6.07) is 19.8. The van der Waals surface area contributed by atoms with Crippen molar-refractivity contribution in [2.75, 3.05) is 36.6 Å². The fourth-order valence-electron chi connectivity index (χ4n) is 3.72. The second kappa shape index (κ2) is 8.98. The summed E-state index contributed by atoms with van der Waals surface area (Å²) in [5.41, 5.74) is 7.87. The predicted molar refractivity (Wildman–Crippen MR) is 129 cm³/mol. The Morgan fingerprint density at radius 2 is 1.88 bits per heavy atom. The maximum absolute atomic E-state index is 6.05. The molecule has 0 radical (unpaired) electrons. The zero-order valence-electron chi connectivity index (χ0n) is 17.7. The lowest BCUT2D eigenvalue weighted by atomic mass is 10.2. The summed E-state index contributed by atoms with van der Waals surface area (Å²) in [6.45, 7) is 5.02. The number of morpholine rings is 1. The summed E-state index contributed by atoms with van der Waals surface area (Å²) >= 11 is 6.05. The van der Waals surface area contributed by atoms with Gasteiger partial charge in [0.1, 0.15) is 5.82 Å².